The van der Waals surface area contributed by atoms with Gasteiger partial charge in [-0.2, -0.15) is 0 Å². The Morgan fingerprint density at radius 2 is 2.17 bits per heavy atom. The Bertz CT molecular complexity index is 330. The summed E-state index contributed by atoms with van der Waals surface area (Å²) in [5, 5.41) is 6.86. The lowest BCUT2D eigenvalue weighted by Crippen LogP contribution is -2.17. The summed E-state index contributed by atoms with van der Waals surface area (Å²) >= 11 is 0. The van der Waals surface area contributed by atoms with Gasteiger partial charge in [-0.3, -0.25) is 4.98 Å². The van der Waals surface area contributed by atoms with Gasteiger partial charge in [-0.1, -0.05) is 13.0 Å². The Kier molecular flexibility index (Phi) is 5.62. The lowest BCUT2D eigenvalue weighted by atomic mass is 10.1. The summed E-state index contributed by atoms with van der Waals surface area (Å²) in [5.41, 5.74) is 2.50. The van der Waals surface area contributed by atoms with E-state index in [-0.39, 0.29) is 0 Å². The van der Waals surface area contributed by atoms with E-state index in [2.05, 4.69) is 34.7 Å². The minimum atomic E-state index is 0.841. The minimum absolute atomic E-state index is 0.841. The van der Waals surface area contributed by atoms with E-state index in [9.17, 15) is 0 Å². The molecular formula is C15H25N3. The molecule has 0 saturated heterocycles. The van der Waals surface area contributed by atoms with Gasteiger partial charge in [0.15, 0.2) is 0 Å². The van der Waals surface area contributed by atoms with Gasteiger partial charge in [0.2, 0.25) is 0 Å². The highest BCUT2D eigenvalue weighted by Crippen LogP contribution is 2.18. The molecule has 0 spiro atoms. The van der Waals surface area contributed by atoms with Crippen molar-refractivity contribution in [3.63, 3.8) is 0 Å². The molecule has 1 saturated carbocycles. The van der Waals surface area contributed by atoms with E-state index in [0.717, 1.165) is 25.6 Å². The van der Waals surface area contributed by atoms with E-state index in [1.807, 2.05) is 6.20 Å². The first-order valence-corrected chi connectivity index (χ1v) is 7.26. The van der Waals surface area contributed by atoms with E-state index in [1.165, 1.54) is 43.5 Å². The Hall–Kier alpha value is -0.930. The molecule has 100 valence electrons. The number of pyridine rings is 1. The topological polar surface area (TPSA) is 37.0 Å². The van der Waals surface area contributed by atoms with Gasteiger partial charge < -0.3 is 10.6 Å². The highest BCUT2D eigenvalue weighted by Gasteiger charge is 2.19. The van der Waals surface area contributed by atoms with Gasteiger partial charge in [-0.25, -0.2) is 0 Å². The maximum absolute atomic E-state index is 4.52. The molecule has 1 fully saturated rings. The van der Waals surface area contributed by atoms with Crippen molar-refractivity contribution in [3.8, 4) is 0 Å². The zero-order chi connectivity index (χ0) is 12.6. The first-order valence-electron chi connectivity index (χ1n) is 7.26. The highest BCUT2D eigenvalue weighted by atomic mass is 14.9. The summed E-state index contributed by atoms with van der Waals surface area (Å²) < 4.78 is 0. The van der Waals surface area contributed by atoms with Gasteiger partial charge in [-0.05, 0) is 56.8 Å². The van der Waals surface area contributed by atoms with Gasteiger partial charge in [-0.15, -0.1) is 0 Å². The van der Waals surface area contributed by atoms with Crippen molar-refractivity contribution in [2.45, 2.75) is 51.6 Å². The third-order valence-electron chi connectivity index (χ3n) is 3.34. The second kappa shape index (κ2) is 7.49. The fraction of sp³-hybridized carbons (Fsp3) is 0.667. The molecule has 1 heterocycles. The Balaban J connectivity index is 1.59. The molecule has 0 aliphatic heterocycles. The Morgan fingerprint density at radius 1 is 1.28 bits per heavy atom. The molecule has 2 N–H and O–H groups in total. The second-order valence-corrected chi connectivity index (χ2v) is 5.12. The average molecular weight is 247 g/mol. The minimum Gasteiger partial charge on any atom is -0.314 e. The first-order chi connectivity index (χ1) is 8.88. The first kappa shape index (κ1) is 13.5. The molecule has 0 unspecified atom stereocenters. The van der Waals surface area contributed by atoms with Crippen molar-refractivity contribution in [1.29, 1.82) is 0 Å². The lowest BCUT2D eigenvalue weighted by Gasteiger charge is -2.05. The standard InChI is InChI=1S/C15H25N3/c1-2-16-11-13-6-7-14(18-12-13)5-3-4-10-17-15-8-9-15/h6-7,12,15-17H,2-5,8-11H2,1H3. The van der Waals surface area contributed by atoms with Crippen LogP contribution in [0.5, 0.6) is 0 Å². The van der Waals surface area contributed by atoms with Crippen LogP contribution >= 0.6 is 0 Å². The van der Waals surface area contributed by atoms with E-state index in [0.29, 0.717) is 0 Å². The van der Waals surface area contributed by atoms with Gasteiger partial charge in [0.05, 0.1) is 0 Å². The molecule has 0 atom stereocenters. The van der Waals surface area contributed by atoms with Gasteiger partial charge >= 0.3 is 0 Å². The maximum Gasteiger partial charge on any atom is 0.0403 e. The molecule has 2 rings (SSSR count). The summed E-state index contributed by atoms with van der Waals surface area (Å²) in [5.74, 6) is 0. The summed E-state index contributed by atoms with van der Waals surface area (Å²) in [4.78, 5) is 4.52. The molecule has 0 amide bonds. The van der Waals surface area contributed by atoms with E-state index in [1.54, 1.807) is 0 Å². The summed E-state index contributed by atoms with van der Waals surface area (Å²) in [6.45, 7) is 5.23. The van der Waals surface area contributed by atoms with Crippen LogP contribution in [-0.2, 0) is 13.0 Å². The number of aryl methyl sites for hydroxylation is 1. The molecule has 1 aliphatic rings. The van der Waals surface area contributed by atoms with Crippen molar-refractivity contribution in [1.82, 2.24) is 15.6 Å². The number of nitrogens with one attached hydrogen (secondary N) is 2. The van der Waals surface area contributed by atoms with Crippen LogP contribution in [0.4, 0.5) is 0 Å². The fourth-order valence-electron chi connectivity index (χ4n) is 2.00. The lowest BCUT2D eigenvalue weighted by molar-refractivity contribution is 0.616. The van der Waals surface area contributed by atoms with Crippen LogP contribution < -0.4 is 10.6 Å². The van der Waals surface area contributed by atoms with Crippen LogP contribution in [0, 0.1) is 0 Å². The second-order valence-electron chi connectivity index (χ2n) is 5.12. The van der Waals surface area contributed by atoms with Crippen LogP contribution in [0.15, 0.2) is 18.3 Å². The normalized spacial score (nSPS) is 14.9. The van der Waals surface area contributed by atoms with Crippen molar-refractivity contribution in [2.75, 3.05) is 13.1 Å². The van der Waals surface area contributed by atoms with Crippen molar-refractivity contribution >= 4 is 0 Å². The molecule has 3 heteroatoms. The number of rotatable bonds is 9. The highest BCUT2D eigenvalue weighted by molar-refractivity contribution is 5.14. The maximum atomic E-state index is 4.52. The Labute approximate surface area is 110 Å². The van der Waals surface area contributed by atoms with Crippen molar-refractivity contribution in [2.24, 2.45) is 0 Å². The third-order valence-corrected chi connectivity index (χ3v) is 3.34. The third kappa shape index (κ3) is 5.15. The zero-order valence-corrected chi connectivity index (χ0v) is 11.4. The largest absolute Gasteiger partial charge is 0.314 e. The predicted molar refractivity (Wildman–Crippen MR) is 75.6 cm³/mol. The molecule has 1 aromatic rings. The monoisotopic (exact) mass is 247 g/mol. The average Bonchev–Trinajstić information content (AvgIpc) is 3.21. The molecular weight excluding hydrogens is 222 g/mol. The fourth-order valence-corrected chi connectivity index (χ4v) is 2.00. The number of nitrogens with zero attached hydrogens (tertiary/aromatic N) is 1. The number of hydrogen-bond acceptors (Lipinski definition) is 3. The van der Waals surface area contributed by atoms with E-state index in [4.69, 9.17) is 0 Å². The molecule has 0 bridgehead atoms. The van der Waals surface area contributed by atoms with Crippen LogP contribution in [0.2, 0.25) is 0 Å². The van der Waals surface area contributed by atoms with Gasteiger partial charge in [0.1, 0.15) is 0 Å². The predicted octanol–water partition coefficient (Wildman–Crippen LogP) is 2.27. The molecule has 0 radical (unpaired) electrons. The molecule has 1 aromatic heterocycles. The summed E-state index contributed by atoms with van der Waals surface area (Å²) in [6, 6.07) is 5.20. The Morgan fingerprint density at radius 3 is 2.83 bits per heavy atom. The number of unbranched alkanes of at least 4 members (excludes halogenated alkanes) is 1. The molecule has 0 aromatic carbocycles. The number of hydrogen-bond donors (Lipinski definition) is 2. The van der Waals surface area contributed by atoms with Crippen LogP contribution in [0.1, 0.15) is 43.9 Å². The number of aromatic nitrogens is 1. The molecule has 3 nitrogen and oxygen atoms in total. The zero-order valence-electron chi connectivity index (χ0n) is 11.4. The van der Waals surface area contributed by atoms with Gasteiger partial charge in [0.25, 0.3) is 0 Å². The van der Waals surface area contributed by atoms with E-state index >= 15 is 0 Å². The quantitative estimate of drug-likeness (QED) is 0.657. The van der Waals surface area contributed by atoms with Crippen LogP contribution in [0.3, 0.4) is 0 Å². The van der Waals surface area contributed by atoms with E-state index < -0.39 is 0 Å². The van der Waals surface area contributed by atoms with Crippen molar-refractivity contribution < 1.29 is 0 Å². The van der Waals surface area contributed by atoms with Crippen LogP contribution in [-0.4, -0.2) is 24.1 Å². The summed E-state index contributed by atoms with van der Waals surface area (Å²) in [6.07, 6.45) is 8.37. The smallest absolute Gasteiger partial charge is 0.0403 e. The van der Waals surface area contributed by atoms with Crippen LogP contribution in [0.25, 0.3) is 0 Å². The van der Waals surface area contributed by atoms with Gasteiger partial charge in [0, 0.05) is 24.5 Å². The molecule has 1 aliphatic carbocycles. The molecule has 18 heavy (non-hydrogen) atoms. The SMILES string of the molecule is CCNCc1ccc(CCCCNC2CC2)nc1. The summed E-state index contributed by atoms with van der Waals surface area (Å²) in [7, 11) is 0. The van der Waals surface area contributed by atoms with Crippen molar-refractivity contribution in [3.05, 3.63) is 29.6 Å².